The summed E-state index contributed by atoms with van der Waals surface area (Å²) in [6.07, 6.45) is 1.01. The Morgan fingerprint density at radius 1 is 1.19 bits per heavy atom. The van der Waals surface area contributed by atoms with E-state index in [0.29, 0.717) is 10.7 Å². The third kappa shape index (κ3) is 5.66. The zero-order valence-electron chi connectivity index (χ0n) is 14.7. The summed E-state index contributed by atoms with van der Waals surface area (Å²) in [5, 5.41) is 16.8. The van der Waals surface area contributed by atoms with Gasteiger partial charge in [-0.25, -0.2) is 8.42 Å². The number of hydrogen-bond acceptors (Lipinski definition) is 6. The van der Waals surface area contributed by atoms with Gasteiger partial charge in [0.25, 0.3) is 5.69 Å². The minimum atomic E-state index is -3.68. The average Bonchev–Trinajstić information content (AvgIpc) is 2.56. The molecule has 0 aromatic heterocycles. The number of anilines is 2. The number of nitro groups is 1. The van der Waals surface area contributed by atoms with E-state index < -0.39 is 14.8 Å². The van der Waals surface area contributed by atoms with Crippen LogP contribution >= 0.6 is 11.6 Å². The molecule has 2 aromatic carbocycles. The monoisotopic (exact) mass is 411 g/mol. The van der Waals surface area contributed by atoms with Crippen LogP contribution in [0.1, 0.15) is 12.0 Å². The largest absolute Gasteiger partial charge is 0.383 e. The van der Waals surface area contributed by atoms with Crippen LogP contribution in [0.15, 0.2) is 41.3 Å². The number of benzene rings is 2. The minimum Gasteiger partial charge on any atom is -0.383 e. The van der Waals surface area contributed by atoms with Crippen molar-refractivity contribution in [3.63, 3.8) is 0 Å². The lowest BCUT2D eigenvalue weighted by molar-refractivity contribution is -0.385. The fourth-order valence-corrected chi connectivity index (χ4v) is 3.48. The SMILES string of the molecule is Cc1ccc(NC(=O)CCNc2ccc([N+](=O)[O-])cc2S(C)(=O)=O)c(Cl)c1. The van der Waals surface area contributed by atoms with E-state index in [4.69, 9.17) is 11.6 Å². The lowest BCUT2D eigenvalue weighted by Crippen LogP contribution is -2.17. The minimum absolute atomic E-state index is 0.0460. The molecule has 0 unspecified atom stereocenters. The molecule has 8 nitrogen and oxygen atoms in total. The number of sulfone groups is 1. The molecular weight excluding hydrogens is 394 g/mol. The Labute approximate surface area is 161 Å². The van der Waals surface area contributed by atoms with Crippen LogP contribution in [-0.4, -0.2) is 32.0 Å². The molecule has 27 heavy (non-hydrogen) atoms. The van der Waals surface area contributed by atoms with Gasteiger partial charge in [-0.3, -0.25) is 14.9 Å². The molecule has 0 saturated carbocycles. The number of nitrogens with one attached hydrogen (secondary N) is 2. The summed E-state index contributed by atoms with van der Waals surface area (Å²) in [7, 11) is -3.68. The summed E-state index contributed by atoms with van der Waals surface area (Å²) in [6.45, 7) is 2.01. The third-order valence-corrected chi connectivity index (χ3v) is 5.09. The second-order valence-electron chi connectivity index (χ2n) is 5.92. The molecule has 1 amide bonds. The number of nitro benzene ring substituents is 1. The van der Waals surface area contributed by atoms with Gasteiger partial charge in [0.15, 0.2) is 9.84 Å². The highest BCUT2D eigenvalue weighted by Crippen LogP contribution is 2.26. The molecule has 144 valence electrons. The molecule has 0 heterocycles. The summed E-state index contributed by atoms with van der Waals surface area (Å²) >= 11 is 6.06. The van der Waals surface area contributed by atoms with E-state index in [1.165, 1.54) is 12.1 Å². The molecule has 0 spiro atoms. The van der Waals surface area contributed by atoms with Crippen LogP contribution in [0.4, 0.5) is 17.1 Å². The van der Waals surface area contributed by atoms with E-state index in [1.807, 2.05) is 13.0 Å². The normalized spacial score (nSPS) is 11.1. The van der Waals surface area contributed by atoms with Gasteiger partial charge in [0, 0.05) is 31.4 Å². The highest BCUT2D eigenvalue weighted by atomic mass is 35.5. The topological polar surface area (TPSA) is 118 Å². The predicted molar refractivity (Wildman–Crippen MR) is 104 cm³/mol. The van der Waals surface area contributed by atoms with Crippen molar-refractivity contribution in [2.45, 2.75) is 18.2 Å². The average molecular weight is 412 g/mol. The third-order valence-electron chi connectivity index (χ3n) is 3.64. The zero-order chi connectivity index (χ0) is 20.2. The van der Waals surface area contributed by atoms with Crippen LogP contribution in [0.2, 0.25) is 5.02 Å². The highest BCUT2D eigenvalue weighted by Gasteiger charge is 2.18. The Bertz CT molecular complexity index is 992. The van der Waals surface area contributed by atoms with Crippen LogP contribution in [0.25, 0.3) is 0 Å². The Morgan fingerprint density at radius 3 is 2.44 bits per heavy atom. The molecule has 0 bridgehead atoms. The summed E-state index contributed by atoms with van der Waals surface area (Å²) in [5.41, 5.74) is 1.32. The molecule has 0 radical (unpaired) electrons. The number of halogens is 1. The van der Waals surface area contributed by atoms with Gasteiger partial charge in [-0.1, -0.05) is 17.7 Å². The standard InChI is InChI=1S/C17H18ClN3O5S/c1-11-3-5-14(13(18)9-11)20-17(22)7-8-19-15-6-4-12(21(23)24)10-16(15)27(2,25)26/h3-6,9-10,19H,7-8H2,1-2H3,(H,20,22). The zero-order valence-corrected chi connectivity index (χ0v) is 16.2. The van der Waals surface area contributed by atoms with E-state index in [0.717, 1.165) is 17.9 Å². The van der Waals surface area contributed by atoms with Crippen molar-refractivity contribution in [1.82, 2.24) is 0 Å². The fourth-order valence-electron chi connectivity index (χ4n) is 2.32. The number of amides is 1. The molecular formula is C17H18ClN3O5S. The molecule has 0 saturated heterocycles. The van der Waals surface area contributed by atoms with E-state index in [9.17, 15) is 23.3 Å². The molecule has 0 fully saturated rings. The van der Waals surface area contributed by atoms with Crippen molar-refractivity contribution in [2.24, 2.45) is 0 Å². The fraction of sp³-hybridized carbons (Fsp3) is 0.235. The van der Waals surface area contributed by atoms with Crippen molar-refractivity contribution >= 4 is 44.4 Å². The lowest BCUT2D eigenvalue weighted by atomic mass is 10.2. The smallest absolute Gasteiger partial charge is 0.270 e. The van der Waals surface area contributed by atoms with Gasteiger partial charge in [-0.05, 0) is 30.7 Å². The molecule has 10 heteroatoms. The van der Waals surface area contributed by atoms with Gasteiger partial charge >= 0.3 is 0 Å². The van der Waals surface area contributed by atoms with Crippen molar-refractivity contribution in [3.05, 3.63) is 57.1 Å². The number of hydrogen-bond donors (Lipinski definition) is 2. The molecule has 2 aromatic rings. The predicted octanol–water partition coefficient (Wildman–Crippen LogP) is 3.40. The second-order valence-corrected chi connectivity index (χ2v) is 8.31. The van der Waals surface area contributed by atoms with Gasteiger partial charge in [0.1, 0.15) is 0 Å². The molecule has 0 atom stereocenters. The first-order valence-electron chi connectivity index (χ1n) is 7.86. The molecule has 0 aliphatic carbocycles. The number of non-ortho nitro benzene ring substituents is 1. The van der Waals surface area contributed by atoms with Crippen LogP contribution in [0.3, 0.4) is 0 Å². The first-order chi connectivity index (χ1) is 12.6. The Hall–Kier alpha value is -2.65. The van der Waals surface area contributed by atoms with Crippen LogP contribution in [0.5, 0.6) is 0 Å². The molecule has 2 rings (SSSR count). The van der Waals surface area contributed by atoms with Gasteiger partial charge in [-0.15, -0.1) is 0 Å². The first-order valence-corrected chi connectivity index (χ1v) is 10.1. The molecule has 2 N–H and O–H groups in total. The van der Waals surface area contributed by atoms with Crippen LogP contribution < -0.4 is 10.6 Å². The summed E-state index contributed by atoms with van der Waals surface area (Å²) < 4.78 is 23.8. The van der Waals surface area contributed by atoms with Crippen LogP contribution in [0, 0.1) is 17.0 Å². The lowest BCUT2D eigenvalue weighted by Gasteiger charge is -2.11. The van der Waals surface area contributed by atoms with E-state index >= 15 is 0 Å². The van der Waals surface area contributed by atoms with E-state index in [1.54, 1.807) is 12.1 Å². The number of carbonyl (C=O) groups is 1. The Kier molecular flexibility index (Phi) is 6.40. The quantitative estimate of drug-likeness (QED) is 0.532. The van der Waals surface area contributed by atoms with Gasteiger partial charge in [-0.2, -0.15) is 0 Å². The number of nitrogens with zero attached hydrogens (tertiary/aromatic N) is 1. The maximum absolute atomic E-state index is 12.0. The van der Waals surface area contributed by atoms with Crippen molar-refractivity contribution in [1.29, 1.82) is 0 Å². The summed E-state index contributed by atoms with van der Waals surface area (Å²) in [5.74, 6) is -0.309. The van der Waals surface area contributed by atoms with E-state index in [-0.39, 0.29) is 35.1 Å². The first kappa shape index (κ1) is 20.7. The van der Waals surface area contributed by atoms with Gasteiger partial charge in [0.05, 0.1) is 26.2 Å². The van der Waals surface area contributed by atoms with Gasteiger partial charge in [0.2, 0.25) is 5.91 Å². The summed E-state index contributed by atoms with van der Waals surface area (Å²) in [6, 6.07) is 8.73. The summed E-state index contributed by atoms with van der Waals surface area (Å²) in [4.78, 5) is 22.0. The van der Waals surface area contributed by atoms with Crippen molar-refractivity contribution in [3.8, 4) is 0 Å². The maximum atomic E-state index is 12.0. The number of carbonyl (C=O) groups excluding carboxylic acids is 1. The number of rotatable bonds is 7. The Morgan fingerprint density at radius 2 is 1.85 bits per heavy atom. The van der Waals surface area contributed by atoms with Gasteiger partial charge < -0.3 is 10.6 Å². The Balaban J connectivity index is 2.04. The molecule has 0 aliphatic rings. The highest BCUT2D eigenvalue weighted by molar-refractivity contribution is 7.90. The second kappa shape index (κ2) is 8.36. The maximum Gasteiger partial charge on any atom is 0.270 e. The van der Waals surface area contributed by atoms with Crippen molar-refractivity contribution in [2.75, 3.05) is 23.4 Å². The molecule has 0 aliphatic heterocycles. The van der Waals surface area contributed by atoms with Crippen molar-refractivity contribution < 1.29 is 18.1 Å². The van der Waals surface area contributed by atoms with E-state index in [2.05, 4.69) is 10.6 Å². The number of aryl methyl sites for hydroxylation is 1. The van der Waals surface area contributed by atoms with Crippen LogP contribution in [-0.2, 0) is 14.6 Å².